The maximum atomic E-state index is 5.98. The fourth-order valence-corrected chi connectivity index (χ4v) is 3.12. The molecule has 17 heavy (non-hydrogen) atoms. The molecule has 3 nitrogen and oxygen atoms in total. The van der Waals surface area contributed by atoms with Crippen molar-refractivity contribution in [2.45, 2.75) is 32.7 Å². The molecule has 0 aromatic carbocycles. The molecule has 2 unspecified atom stereocenters. The second kappa shape index (κ2) is 6.41. The Hall–Kier alpha value is -0.540. The fourth-order valence-electron chi connectivity index (χ4n) is 2.71. The molecule has 1 heterocycles. The van der Waals surface area contributed by atoms with E-state index in [2.05, 4.69) is 14.9 Å². The van der Waals surface area contributed by atoms with Crippen LogP contribution < -0.4 is 5.32 Å². The summed E-state index contributed by atoms with van der Waals surface area (Å²) in [5.41, 5.74) is 0. The molecule has 0 spiro atoms. The fraction of sp³-hybridized carbons (Fsp3) is 0.769. The number of alkyl halides is 1. The van der Waals surface area contributed by atoms with Gasteiger partial charge in [-0.3, -0.25) is 0 Å². The van der Waals surface area contributed by atoms with E-state index >= 15 is 0 Å². The van der Waals surface area contributed by atoms with Gasteiger partial charge in [0.15, 0.2) is 0 Å². The number of rotatable bonds is 6. The van der Waals surface area contributed by atoms with Crippen molar-refractivity contribution < 1.29 is 0 Å². The molecule has 0 amide bonds. The minimum absolute atomic E-state index is 0.735. The Labute approximate surface area is 109 Å². The molecule has 1 saturated carbocycles. The zero-order chi connectivity index (χ0) is 12.1. The Bertz CT molecular complexity index is 337. The van der Waals surface area contributed by atoms with E-state index in [-0.39, 0.29) is 0 Å². The molecule has 2 atom stereocenters. The van der Waals surface area contributed by atoms with E-state index in [9.17, 15) is 0 Å². The summed E-state index contributed by atoms with van der Waals surface area (Å²) >= 11 is 5.98. The van der Waals surface area contributed by atoms with Gasteiger partial charge in [-0.1, -0.05) is 6.42 Å². The van der Waals surface area contributed by atoms with E-state index in [1.807, 2.05) is 19.3 Å². The van der Waals surface area contributed by atoms with Gasteiger partial charge in [0.1, 0.15) is 5.82 Å². The van der Waals surface area contributed by atoms with Crippen molar-refractivity contribution in [3.05, 3.63) is 18.2 Å². The lowest BCUT2D eigenvalue weighted by molar-refractivity contribution is 0.391. The quantitative estimate of drug-likeness (QED) is 0.625. The topological polar surface area (TPSA) is 29.9 Å². The Kier molecular flexibility index (Phi) is 4.86. The minimum atomic E-state index is 0.735. The average molecular weight is 256 g/mol. The summed E-state index contributed by atoms with van der Waals surface area (Å²) < 4.78 is 2.18. The number of aryl methyl sites for hydroxylation is 1. The summed E-state index contributed by atoms with van der Waals surface area (Å²) in [6.07, 6.45) is 7.90. The first-order valence-electron chi connectivity index (χ1n) is 6.55. The lowest BCUT2D eigenvalue weighted by Crippen LogP contribution is -2.28. The van der Waals surface area contributed by atoms with Crippen LogP contribution in [0.4, 0.5) is 0 Å². The van der Waals surface area contributed by atoms with Gasteiger partial charge in [-0.15, -0.1) is 11.6 Å². The molecule has 1 aromatic heterocycles. The number of nitrogens with one attached hydrogen (secondary N) is 1. The molecule has 1 aliphatic rings. The standard InChI is InChI=1S/C13H22ClN3/c1-11-16-6-8-17(11)7-5-15-10-13-4-2-3-12(13)9-14/h6,8,12-13,15H,2-5,7,9-10H2,1H3. The first-order valence-corrected chi connectivity index (χ1v) is 7.09. The van der Waals surface area contributed by atoms with E-state index < -0.39 is 0 Å². The summed E-state index contributed by atoms with van der Waals surface area (Å²) in [5.74, 6) is 3.44. The molecule has 1 aliphatic carbocycles. The van der Waals surface area contributed by atoms with Crippen LogP contribution in [0.15, 0.2) is 12.4 Å². The van der Waals surface area contributed by atoms with Gasteiger partial charge in [0.25, 0.3) is 0 Å². The Morgan fingerprint density at radius 2 is 2.29 bits per heavy atom. The maximum absolute atomic E-state index is 5.98. The van der Waals surface area contributed by atoms with Crippen LogP contribution in [-0.4, -0.2) is 28.5 Å². The van der Waals surface area contributed by atoms with E-state index in [0.29, 0.717) is 0 Å². The van der Waals surface area contributed by atoms with Gasteiger partial charge in [-0.2, -0.15) is 0 Å². The van der Waals surface area contributed by atoms with Crippen LogP contribution in [0.3, 0.4) is 0 Å². The maximum Gasteiger partial charge on any atom is 0.105 e. The molecule has 0 bridgehead atoms. The summed E-state index contributed by atoms with van der Waals surface area (Å²) in [7, 11) is 0. The van der Waals surface area contributed by atoms with Crippen LogP contribution in [0.5, 0.6) is 0 Å². The van der Waals surface area contributed by atoms with Gasteiger partial charge in [0.05, 0.1) is 0 Å². The zero-order valence-corrected chi connectivity index (χ0v) is 11.3. The highest BCUT2D eigenvalue weighted by molar-refractivity contribution is 6.18. The highest BCUT2D eigenvalue weighted by Crippen LogP contribution is 2.31. The van der Waals surface area contributed by atoms with E-state index in [0.717, 1.165) is 43.2 Å². The SMILES string of the molecule is Cc1nccn1CCNCC1CCCC1CCl. The molecule has 0 aliphatic heterocycles. The highest BCUT2D eigenvalue weighted by Gasteiger charge is 2.25. The van der Waals surface area contributed by atoms with Gasteiger partial charge < -0.3 is 9.88 Å². The number of aromatic nitrogens is 2. The Morgan fingerprint density at radius 1 is 1.47 bits per heavy atom. The third kappa shape index (κ3) is 3.46. The molecule has 2 rings (SSSR count). The van der Waals surface area contributed by atoms with Gasteiger partial charge in [0, 0.05) is 31.4 Å². The van der Waals surface area contributed by atoms with Crippen molar-refractivity contribution in [3.63, 3.8) is 0 Å². The second-order valence-corrected chi connectivity index (χ2v) is 5.29. The molecular formula is C13H22ClN3. The summed E-state index contributed by atoms with van der Waals surface area (Å²) in [5, 5.41) is 3.55. The second-order valence-electron chi connectivity index (χ2n) is 4.98. The number of hydrogen-bond acceptors (Lipinski definition) is 2. The number of nitrogens with zero attached hydrogens (tertiary/aromatic N) is 2. The predicted molar refractivity (Wildman–Crippen MR) is 71.4 cm³/mol. The van der Waals surface area contributed by atoms with Crippen molar-refractivity contribution >= 4 is 11.6 Å². The lowest BCUT2D eigenvalue weighted by Gasteiger charge is -2.17. The normalized spacial score (nSPS) is 24.4. The van der Waals surface area contributed by atoms with Crippen LogP contribution in [0.2, 0.25) is 0 Å². The molecule has 1 fully saturated rings. The van der Waals surface area contributed by atoms with Crippen molar-refractivity contribution in [3.8, 4) is 0 Å². The van der Waals surface area contributed by atoms with Crippen molar-refractivity contribution in [1.29, 1.82) is 0 Å². The van der Waals surface area contributed by atoms with Gasteiger partial charge in [-0.05, 0) is 38.1 Å². The monoisotopic (exact) mass is 255 g/mol. The van der Waals surface area contributed by atoms with Crippen molar-refractivity contribution in [2.24, 2.45) is 11.8 Å². The molecule has 0 radical (unpaired) electrons. The van der Waals surface area contributed by atoms with Crippen molar-refractivity contribution in [1.82, 2.24) is 14.9 Å². The molecule has 0 saturated heterocycles. The van der Waals surface area contributed by atoms with Crippen LogP contribution in [0, 0.1) is 18.8 Å². The first-order chi connectivity index (χ1) is 8.31. The van der Waals surface area contributed by atoms with Crippen LogP contribution in [0.1, 0.15) is 25.1 Å². The molecule has 96 valence electrons. The highest BCUT2D eigenvalue weighted by atomic mass is 35.5. The van der Waals surface area contributed by atoms with Crippen LogP contribution in [-0.2, 0) is 6.54 Å². The molecule has 4 heteroatoms. The lowest BCUT2D eigenvalue weighted by atomic mass is 9.98. The number of imidazole rings is 1. The van der Waals surface area contributed by atoms with E-state index in [1.165, 1.54) is 19.3 Å². The third-order valence-electron chi connectivity index (χ3n) is 3.87. The minimum Gasteiger partial charge on any atom is -0.334 e. The molecule has 1 N–H and O–H groups in total. The average Bonchev–Trinajstić information content (AvgIpc) is 2.93. The molecular weight excluding hydrogens is 234 g/mol. The van der Waals surface area contributed by atoms with E-state index in [4.69, 9.17) is 11.6 Å². The van der Waals surface area contributed by atoms with Gasteiger partial charge >= 0.3 is 0 Å². The smallest absolute Gasteiger partial charge is 0.105 e. The summed E-state index contributed by atoms with van der Waals surface area (Å²) in [6.45, 7) is 5.18. The first kappa shape index (κ1) is 12.9. The van der Waals surface area contributed by atoms with Crippen LogP contribution >= 0.6 is 11.6 Å². The third-order valence-corrected chi connectivity index (χ3v) is 4.27. The summed E-state index contributed by atoms with van der Waals surface area (Å²) in [4.78, 5) is 4.22. The Morgan fingerprint density at radius 3 is 3.00 bits per heavy atom. The predicted octanol–water partition coefficient (Wildman–Crippen LogP) is 2.44. The largest absolute Gasteiger partial charge is 0.334 e. The number of hydrogen-bond donors (Lipinski definition) is 1. The van der Waals surface area contributed by atoms with E-state index in [1.54, 1.807) is 0 Å². The van der Waals surface area contributed by atoms with Crippen molar-refractivity contribution in [2.75, 3.05) is 19.0 Å². The van der Waals surface area contributed by atoms with Gasteiger partial charge in [0.2, 0.25) is 0 Å². The Balaban J connectivity index is 1.65. The zero-order valence-electron chi connectivity index (χ0n) is 10.5. The van der Waals surface area contributed by atoms with Crippen LogP contribution in [0.25, 0.3) is 0 Å². The molecule has 1 aromatic rings. The van der Waals surface area contributed by atoms with Gasteiger partial charge in [-0.25, -0.2) is 4.98 Å². The number of halogens is 1. The summed E-state index contributed by atoms with van der Waals surface area (Å²) in [6, 6.07) is 0.